The zero-order chi connectivity index (χ0) is 14.9. The zero-order valence-electron chi connectivity index (χ0n) is 12.9. The average Bonchev–Trinajstić information content (AvgIpc) is 2.44. The second kappa shape index (κ2) is 5.74. The van der Waals surface area contributed by atoms with E-state index in [4.69, 9.17) is 0 Å². The maximum atomic E-state index is 12.6. The first-order chi connectivity index (χ1) is 9.34. The largest absolute Gasteiger partial charge is 0.480 e. The molecule has 2 rings (SSSR count). The van der Waals surface area contributed by atoms with Crippen molar-refractivity contribution in [1.29, 1.82) is 0 Å². The van der Waals surface area contributed by atoms with E-state index in [0.29, 0.717) is 5.92 Å². The van der Waals surface area contributed by atoms with Crippen molar-refractivity contribution in [3.8, 4) is 0 Å². The minimum atomic E-state index is -1.12. The first kappa shape index (κ1) is 15.3. The van der Waals surface area contributed by atoms with E-state index >= 15 is 0 Å². The van der Waals surface area contributed by atoms with Crippen molar-refractivity contribution in [2.24, 2.45) is 17.8 Å². The molecule has 0 radical (unpaired) electrons. The van der Waals surface area contributed by atoms with E-state index in [1.165, 1.54) is 30.6 Å². The molecule has 4 nitrogen and oxygen atoms in total. The first-order valence-corrected chi connectivity index (χ1v) is 7.85. The van der Waals surface area contributed by atoms with Gasteiger partial charge in [0.25, 0.3) is 0 Å². The van der Waals surface area contributed by atoms with Crippen LogP contribution in [0.15, 0.2) is 0 Å². The summed E-state index contributed by atoms with van der Waals surface area (Å²) >= 11 is 0. The fourth-order valence-corrected chi connectivity index (χ4v) is 3.79. The molecule has 0 saturated heterocycles. The summed E-state index contributed by atoms with van der Waals surface area (Å²) in [5.41, 5.74) is -1.12. The molecule has 0 heterocycles. The molecule has 3 unspecified atom stereocenters. The van der Waals surface area contributed by atoms with E-state index < -0.39 is 11.5 Å². The summed E-state index contributed by atoms with van der Waals surface area (Å²) in [4.78, 5) is 25.3. The Morgan fingerprint density at radius 2 is 1.65 bits per heavy atom. The second-order valence-corrected chi connectivity index (χ2v) is 7.08. The third kappa shape index (κ3) is 2.84. The van der Waals surface area contributed by atoms with Gasteiger partial charge in [0.1, 0.15) is 5.54 Å². The maximum Gasteiger partial charge on any atom is 0.329 e. The molecule has 2 aliphatic rings. The summed E-state index contributed by atoms with van der Waals surface area (Å²) in [6.45, 7) is 3.19. The summed E-state index contributed by atoms with van der Waals surface area (Å²) in [5.74, 6) is 0.595. The topological polar surface area (TPSA) is 57.6 Å². The van der Waals surface area contributed by atoms with Gasteiger partial charge in [-0.15, -0.1) is 0 Å². The number of carboxylic acids is 1. The van der Waals surface area contributed by atoms with Gasteiger partial charge in [0.2, 0.25) is 5.91 Å². The molecular weight excluding hydrogens is 254 g/mol. The fourth-order valence-electron chi connectivity index (χ4n) is 3.79. The number of aliphatic carboxylic acids is 1. The van der Waals surface area contributed by atoms with Crippen LogP contribution in [0.1, 0.15) is 58.8 Å². The Bertz CT molecular complexity index is 391. The summed E-state index contributed by atoms with van der Waals surface area (Å²) in [5, 5.41) is 9.25. The Morgan fingerprint density at radius 1 is 1.05 bits per heavy atom. The van der Waals surface area contributed by atoms with Crippen molar-refractivity contribution in [3.05, 3.63) is 0 Å². The molecular formula is C16H27NO3. The minimum absolute atomic E-state index is 0.0152. The van der Waals surface area contributed by atoms with Crippen LogP contribution in [0, 0.1) is 17.8 Å². The number of fused-ring (bicyclic) bond motifs is 1. The van der Waals surface area contributed by atoms with E-state index in [-0.39, 0.29) is 11.8 Å². The highest BCUT2D eigenvalue weighted by molar-refractivity contribution is 5.87. The summed E-state index contributed by atoms with van der Waals surface area (Å²) in [6.07, 6.45) is 8.23. The van der Waals surface area contributed by atoms with Crippen molar-refractivity contribution in [1.82, 2.24) is 4.90 Å². The predicted molar refractivity (Wildman–Crippen MR) is 77.3 cm³/mol. The molecule has 0 aromatic heterocycles. The van der Waals surface area contributed by atoms with Gasteiger partial charge in [-0.1, -0.05) is 25.7 Å². The second-order valence-electron chi connectivity index (χ2n) is 7.08. The van der Waals surface area contributed by atoms with Gasteiger partial charge in [-0.3, -0.25) is 4.79 Å². The molecule has 114 valence electrons. The Kier molecular flexibility index (Phi) is 4.40. The van der Waals surface area contributed by atoms with Crippen LogP contribution >= 0.6 is 0 Å². The molecule has 2 aliphatic carbocycles. The van der Waals surface area contributed by atoms with Gasteiger partial charge in [0.15, 0.2) is 0 Å². The number of rotatable bonds is 3. The van der Waals surface area contributed by atoms with Crippen LogP contribution in [-0.4, -0.2) is 34.5 Å². The normalized spacial score (nSPS) is 30.4. The predicted octanol–water partition coefficient (Wildman–Crippen LogP) is 2.91. The molecule has 0 bridgehead atoms. The van der Waals surface area contributed by atoms with Gasteiger partial charge >= 0.3 is 5.97 Å². The monoisotopic (exact) mass is 281 g/mol. The molecule has 2 fully saturated rings. The molecule has 1 amide bonds. The van der Waals surface area contributed by atoms with Crippen LogP contribution < -0.4 is 0 Å². The SMILES string of the molecule is CN(C(=O)C1CCC2CCCCC2C1)C(C)(C)C(=O)O. The van der Waals surface area contributed by atoms with Crippen LogP contribution in [0.2, 0.25) is 0 Å². The first-order valence-electron chi connectivity index (χ1n) is 7.85. The third-order valence-electron chi connectivity index (χ3n) is 5.58. The number of amides is 1. The molecule has 0 aromatic rings. The highest BCUT2D eigenvalue weighted by Crippen LogP contribution is 2.43. The van der Waals surface area contributed by atoms with Crippen molar-refractivity contribution in [3.63, 3.8) is 0 Å². The number of likely N-dealkylation sites (N-methyl/N-ethyl adjacent to an activating group) is 1. The van der Waals surface area contributed by atoms with Crippen LogP contribution in [-0.2, 0) is 9.59 Å². The molecule has 2 saturated carbocycles. The lowest BCUT2D eigenvalue weighted by Gasteiger charge is -2.41. The molecule has 3 atom stereocenters. The van der Waals surface area contributed by atoms with E-state index in [2.05, 4.69) is 0 Å². The zero-order valence-corrected chi connectivity index (χ0v) is 12.9. The number of carbonyl (C=O) groups excluding carboxylic acids is 1. The molecule has 1 N–H and O–H groups in total. The molecule has 0 spiro atoms. The van der Waals surface area contributed by atoms with E-state index in [1.807, 2.05) is 0 Å². The third-order valence-corrected chi connectivity index (χ3v) is 5.58. The Balaban J connectivity index is 2.01. The van der Waals surface area contributed by atoms with Gasteiger partial charge in [0, 0.05) is 13.0 Å². The lowest BCUT2D eigenvalue weighted by atomic mass is 9.67. The van der Waals surface area contributed by atoms with E-state index in [0.717, 1.165) is 25.2 Å². The number of nitrogens with zero attached hydrogens (tertiary/aromatic N) is 1. The van der Waals surface area contributed by atoms with Gasteiger partial charge in [0.05, 0.1) is 0 Å². The van der Waals surface area contributed by atoms with Crippen molar-refractivity contribution >= 4 is 11.9 Å². The Labute approximate surface area is 121 Å². The van der Waals surface area contributed by atoms with Crippen molar-refractivity contribution in [2.75, 3.05) is 7.05 Å². The highest BCUT2D eigenvalue weighted by atomic mass is 16.4. The Morgan fingerprint density at radius 3 is 2.25 bits per heavy atom. The van der Waals surface area contributed by atoms with Gasteiger partial charge < -0.3 is 10.0 Å². The minimum Gasteiger partial charge on any atom is -0.480 e. The van der Waals surface area contributed by atoms with Crippen LogP contribution in [0.25, 0.3) is 0 Å². The fraction of sp³-hybridized carbons (Fsp3) is 0.875. The quantitative estimate of drug-likeness (QED) is 0.865. The van der Waals surface area contributed by atoms with Gasteiger partial charge in [-0.05, 0) is 44.9 Å². The smallest absolute Gasteiger partial charge is 0.329 e. The lowest BCUT2D eigenvalue weighted by Crippen LogP contribution is -2.53. The van der Waals surface area contributed by atoms with E-state index in [9.17, 15) is 14.7 Å². The standard InChI is InChI=1S/C16H27NO3/c1-16(2,15(19)20)17(3)14(18)13-9-8-11-6-4-5-7-12(11)10-13/h11-13H,4-10H2,1-3H3,(H,19,20). The van der Waals surface area contributed by atoms with Gasteiger partial charge in [-0.2, -0.15) is 0 Å². The number of carbonyl (C=O) groups is 2. The maximum absolute atomic E-state index is 12.6. The summed E-state index contributed by atoms with van der Waals surface area (Å²) in [6, 6.07) is 0. The number of hydrogen-bond donors (Lipinski definition) is 1. The van der Waals surface area contributed by atoms with Gasteiger partial charge in [-0.25, -0.2) is 4.79 Å². The van der Waals surface area contributed by atoms with E-state index in [1.54, 1.807) is 20.9 Å². The van der Waals surface area contributed by atoms with Crippen LogP contribution in [0.4, 0.5) is 0 Å². The Hall–Kier alpha value is -1.06. The molecule has 0 aliphatic heterocycles. The molecule has 0 aromatic carbocycles. The number of hydrogen-bond acceptors (Lipinski definition) is 2. The summed E-state index contributed by atoms with van der Waals surface area (Å²) < 4.78 is 0. The lowest BCUT2D eigenvalue weighted by molar-refractivity contribution is -0.158. The molecule has 20 heavy (non-hydrogen) atoms. The number of carboxylic acid groups (broad SMARTS) is 1. The highest BCUT2D eigenvalue weighted by Gasteiger charge is 2.41. The average molecular weight is 281 g/mol. The summed E-state index contributed by atoms with van der Waals surface area (Å²) in [7, 11) is 1.63. The van der Waals surface area contributed by atoms with Crippen molar-refractivity contribution < 1.29 is 14.7 Å². The molecule has 4 heteroatoms. The van der Waals surface area contributed by atoms with Crippen LogP contribution in [0.5, 0.6) is 0 Å². The van der Waals surface area contributed by atoms with Crippen LogP contribution in [0.3, 0.4) is 0 Å². The van der Waals surface area contributed by atoms with Crippen molar-refractivity contribution in [2.45, 2.75) is 64.3 Å².